The average Bonchev–Trinajstić information content (AvgIpc) is 2.56. The van der Waals surface area contributed by atoms with Gasteiger partial charge < -0.3 is 4.90 Å². The zero-order valence-corrected chi connectivity index (χ0v) is 15.4. The van der Waals surface area contributed by atoms with Crippen molar-refractivity contribution in [2.24, 2.45) is 0 Å². The molecule has 0 spiro atoms. The van der Waals surface area contributed by atoms with E-state index >= 15 is 0 Å². The summed E-state index contributed by atoms with van der Waals surface area (Å²) in [6.07, 6.45) is 0. The maximum absolute atomic E-state index is 2.40. The molecule has 23 heavy (non-hydrogen) atoms. The van der Waals surface area contributed by atoms with Gasteiger partial charge in [0.05, 0.1) is 11.4 Å². The van der Waals surface area contributed by atoms with Crippen LogP contribution in [0.25, 0.3) is 0 Å². The monoisotopic (exact) mass is 411 g/mol. The van der Waals surface area contributed by atoms with E-state index in [1.165, 1.54) is 31.8 Å². The van der Waals surface area contributed by atoms with E-state index in [9.17, 15) is 0 Å². The molecular formula is C21H18IN. The molecule has 1 heterocycles. The van der Waals surface area contributed by atoms with Crippen LogP contribution in [0, 0.1) is 3.57 Å². The molecule has 0 aromatic heterocycles. The van der Waals surface area contributed by atoms with Crippen LogP contribution in [0.1, 0.15) is 25.0 Å². The minimum absolute atomic E-state index is 0.00153. The molecule has 2 heteroatoms. The van der Waals surface area contributed by atoms with Gasteiger partial charge in [-0.15, -0.1) is 0 Å². The van der Waals surface area contributed by atoms with Gasteiger partial charge in [-0.2, -0.15) is 0 Å². The molecule has 0 unspecified atom stereocenters. The highest BCUT2D eigenvalue weighted by atomic mass is 127. The molecule has 0 aliphatic carbocycles. The topological polar surface area (TPSA) is 3.24 Å². The Labute approximate surface area is 151 Å². The van der Waals surface area contributed by atoms with Crippen LogP contribution < -0.4 is 4.90 Å². The molecule has 0 amide bonds. The van der Waals surface area contributed by atoms with Gasteiger partial charge >= 0.3 is 0 Å². The highest BCUT2D eigenvalue weighted by Gasteiger charge is 2.36. The zero-order valence-electron chi connectivity index (χ0n) is 13.3. The third-order valence-corrected chi connectivity index (χ3v) is 5.38. The second-order valence-electron chi connectivity index (χ2n) is 6.47. The van der Waals surface area contributed by atoms with E-state index < -0.39 is 0 Å². The number of benzene rings is 3. The Bertz CT molecular complexity index is 868. The van der Waals surface area contributed by atoms with Crippen LogP contribution in [0.15, 0.2) is 72.8 Å². The fourth-order valence-electron chi connectivity index (χ4n) is 3.55. The Morgan fingerprint density at radius 2 is 1.39 bits per heavy atom. The van der Waals surface area contributed by atoms with Crippen molar-refractivity contribution in [3.63, 3.8) is 0 Å². The summed E-state index contributed by atoms with van der Waals surface area (Å²) in [7, 11) is 0. The first-order chi connectivity index (χ1) is 11.1. The number of para-hydroxylation sites is 2. The summed E-state index contributed by atoms with van der Waals surface area (Å²) in [5, 5.41) is 0. The number of rotatable bonds is 1. The van der Waals surface area contributed by atoms with Gasteiger partial charge in [0.25, 0.3) is 0 Å². The van der Waals surface area contributed by atoms with Crippen LogP contribution in [-0.2, 0) is 5.41 Å². The van der Waals surface area contributed by atoms with Gasteiger partial charge in [0.2, 0.25) is 0 Å². The first-order valence-corrected chi connectivity index (χ1v) is 8.91. The normalized spacial score (nSPS) is 15.0. The van der Waals surface area contributed by atoms with Crippen molar-refractivity contribution in [3.8, 4) is 0 Å². The van der Waals surface area contributed by atoms with E-state index in [2.05, 4.69) is 114 Å². The van der Waals surface area contributed by atoms with E-state index in [4.69, 9.17) is 0 Å². The van der Waals surface area contributed by atoms with Gasteiger partial charge in [-0.3, -0.25) is 0 Å². The molecule has 0 saturated carbocycles. The molecule has 0 radical (unpaired) electrons. The molecule has 3 aromatic rings. The SMILES string of the molecule is CC1(C)c2ccccc2N(c2ccccc2)c2cc(I)ccc21. The second-order valence-corrected chi connectivity index (χ2v) is 7.72. The van der Waals surface area contributed by atoms with Crippen molar-refractivity contribution in [1.82, 2.24) is 0 Å². The number of fused-ring (bicyclic) bond motifs is 2. The van der Waals surface area contributed by atoms with E-state index in [1.54, 1.807) is 0 Å². The standard InChI is InChI=1S/C21H18IN/c1-21(2)17-10-6-7-11-19(17)23(16-8-4-3-5-9-16)20-14-15(22)12-13-18(20)21/h3-14H,1-2H3. The molecule has 1 aliphatic rings. The Morgan fingerprint density at radius 1 is 0.739 bits per heavy atom. The van der Waals surface area contributed by atoms with Crippen LogP contribution in [0.4, 0.5) is 17.1 Å². The summed E-state index contributed by atoms with van der Waals surface area (Å²) < 4.78 is 1.26. The lowest BCUT2D eigenvalue weighted by molar-refractivity contribution is 0.631. The largest absolute Gasteiger partial charge is 0.310 e. The summed E-state index contributed by atoms with van der Waals surface area (Å²) in [5.74, 6) is 0. The summed E-state index contributed by atoms with van der Waals surface area (Å²) >= 11 is 2.40. The van der Waals surface area contributed by atoms with Gasteiger partial charge in [-0.1, -0.05) is 56.3 Å². The molecule has 0 fully saturated rings. The third kappa shape index (κ3) is 2.27. The molecule has 114 valence electrons. The number of nitrogens with zero attached hydrogens (tertiary/aromatic N) is 1. The van der Waals surface area contributed by atoms with Crippen molar-refractivity contribution in [2.75, 3.05) is 4.90 Å². The quantitative estimate of drug-likeness (QED) is 0.419. The van der Waals surface area contributed by atoms with Crippen molar-refractivity contribution >= 4 is 39.7 Å². The van der Waals surface area contributed by atoms with Gasteiger partial charge in [0.15, 0.2) is 0 Å². The van der Waals surface area contributed by atoms with Crippen LogP contribution >= 0.6 is 22.6 Å². The molecule has 0 saturated heterocycles. The zero-order chi connectivity index (χ0) is 16.0. The first-order valence-electron chi connectivity index (χ1n) is 7.84. The first kappa shape index (κ1) is 14.8. The lowest BCUT2D eigenvalue weighted by Crippen LogP contribution is -2.30. The van der Waals surface area contributed by atoms with Crippen LogP contribution in [0.3, 0.4) is 0 Å². The molecule has 0 bridgehead atoms. The van der Waals surface area contributed by atoms with Crippen LogP contribution in [0.5, 0.6) is 0 Å². The minimum Gasteiger partial charge on any atom is -0.310 e. The third-order valence-electron chi connectivity index (χ3n) is 4.71. The average molecular weight is 411 g/mol. The maximum Gasteiger partial charge on any atom is 0.0513 e. The Morgan fingerprint density at radius 3 is 2.17 bits per heavy atom. The predicted octanol–water partition coefficient (Wildman–Crippen LogP) is 6.40. The summed E-state index contributed by atoms with van der Waals surface area (Å²) in [6, 6.07) is 26.2. The van der Waals surface area contributed by atoms with E-state index in [1.807, 2.05) is 0 Å². The summed E-state index contributed by atoms with van der Waals surface area (Å²) in [5.41, 5.74) is 6.52. The lowest BCUT2D eigenvalue weighted by Gasteiger charge is -2.42. The molecular weight excluding hydrogens is 393 g/mol. The van der Waals surface area contributed by atoms with Crippen LogP contribution in [0.2, 0.25) is 0 Å². The van der Waals surface area contributed by atoms with Gasteiger partial charge in [-0.25, -0.2) is 0 Å². The second kappa shape index (κ2) is 5.38. The molecule has 4 rings (SSSR count). The van der Waals surface area contributed by atoms with Gasteiger partial charge in [0.1, 0.15) is 0 Å². The number of halogens is 1. The van der Waals surface area contributed by atoms with E-state index in [-0.39, 0.29) is 5.41 Å². The highest BCUT2D eigenvalue weighted by molar-refractivity contribution is 14.1. The number of anilines is 3. The van der Waals surface area contributed by atoms with E-state index in [0.717, 1.165) is 0 Å². The molecule has 3 aromatic carbocycles. The highest BCUT2D eigenvalue weighted by Crippen LogP contribution is 2.51. The van der Waals surface area contributed by atoms with E-state index in [0.29, 0.717) is 0 Å². The lowest BCUT2D eigenvalue weighted by atomic mass is 9.73. The Balaban J connectivity index is 2.06. The molecule has 1 aliphatic heterocycles. The van der Waals surface area contributed by atoms with Crippen molar-refractivity contribution in [1.29, 1.82) is 0 Å². The van der Waals surface area contributed by atoms with Gasteiger partial charge in [-0.05, 0) is 64.0 Å². The fourth-order valence-corrected chi connectivity index (χ4v) is 4.02. The number of hydrogen-bond donors (Lipinski definition) is 0. The van der Waals surface area contributed by atoms with Crippen molar-refractivity contribution in [3.05, 3.63) is 87.5 Å². The smallest absolute Gasteiger partial charge is 0.0513 e. The molecule has 0 N–H and O–H groups in total. The predicted molar refractivity (Wildman–Crippen MR) is 106 cm³/mol. The van der Waals surface area contributed by atoms with Gasteiger partial charge in [0, 0.05) is 14.7 Å². The minimum atomic E-state index is 0.00153. The fraction of sp³-hybridized carbons (Fsp3) is 0.143. The van der Waals surface area contributed by atoms with Crippen molar-refractivity contribution < 1.29 is 0 Å². The van der Waals surface area contributed by atoms with Crippen LogP contribution in [-0.4, -0.2) is 0 Å². The number of hydrogen-bond acceptors (Lipinski definition) is 1. The Hall–Kier alpha value is -1.81. The molecule has 0 atom stereocenters. The molecule has 1 nitrogen and oxygen atoms in total. The summed E-state index contributed by atoms with van der Waals surface area (Å²) in [6.45, 7) is 4.64. The maximum atomic E-state index is 2.40. The Kier molecular flexibility index (Phi) is 3.45. The van der Waals surface area contributed by atoms with Crippen molar-refractivity contribution in [2.45, 2.75) is 19.3 Å². The summed E-state index contributed by atoms with van der Waals surface area (Å²) in [4.78, 5) is 2.39.